The third kappa shape index (κ3) is 2.15. The normalized spacial score (nSPS) is 29.5. The summed E-state index contributed by atoms with van der Waals surface area (Å²) in [7, 11) is -0.556. The predicted octanol–water partition coefficient (Wildman–Crippen LogP) is 2.50. The lowest BCUT2D eigenvalue weighted by atomic mass is 9.79. The van der Waals surface area contributed by atoms with E-state index in [0.29, 0.717) is 11.0 Å². The highest BCUT2D eigenvalue weighted by Crippen LogP contribution is 2.55. The van der Waals surface area contributed by atoms with E-state index in [1.165, 1.54) is 6.20 Å². The zero-order valence-electron chi connectivity index (χ0n) is 12.1. The molecule has 0 radical (unpaired) electrons. The minimum absolute atomic E-state index is 0.0957. The van der Waals surface area contributed by atoms with Crippen LogP contribution >= 0.6 is 0 Å². The third-order valence-corrected chi connectivity index (χ3v) is 4.53. The fraction of sp³-hybridized carbons (Fsp3) is 0.643. The van der Waals surface area contributed by atoms with Gasteiger partial charge in [0.2, 0.25) is 0 Å². The Kier molecular flexibility index (Phi) is 2.80. The zero-order chi connectivity index (χ0) is 14.8. The fourth-order valence-electron chi connectivity index (χ4n) is 2.35. The van der Waals surface area contributed by atoms with Gasteiger partial charge in [-0.2, -0.15) is 0 Å². The molecule has 0 N–H and O–H groups in total. The van der Waals surface area contributed by atoms with E-state index < -0.39 is 30.2 Å². The first-order valence-electron chi connectivity index (χ1n) is 6.81. The Labute approximate surface area is 117 Å². The Bertz CT molecular complexity index is 532. The molecule has 6 heteroatoms. The van der Waals surface area contributed by atoms with Gasteiger partial charge in [0.25, 0.3) is 5.92 Å². The molecular formula is C14H18BF2NO2. The summed E-state index contributed by atoms with van der Waals surface area (Å²) < 4.78 is 38.1. The van der Waals surface area contributed by atoms with Crippen LogP contribution in [0.1, 0.15) is 45.6 Å². The van der Waals surface area contributed by atoms with Crippen LogP contribution in [0, 0.1) is 0 Å². The van der Waals surface area contributed by atoms with E-state index in [2.05, 4.69) is 4.98 Å². The highest BCUT2D eigenvalue weighted by Gasteiger charge is 2.58. The van der Waals surface area contributed by atoms with E-state index >= 15 is 0 Å². The lowest BCUT2D eigenvalue weighted by Gasteiger charge is -2.32. The summed E-state index contributed by atoms with van der Waals surface area (Å²) in [6.07, 6.45) is 3.02. The van der Waals surface area contributed by atoms with Crippen LogP contribution in [0.15, 0.2) is 18.5 Å². The van der Waals surface area contributed by atoms with Crippen molar-refractivity contribution in [2.75, 3.05) is 0 Å². The molecule has 0 bridgehead atoms. The molecule has 1 aliphatic heterocycles. The summed E-state index contributed by atoms with van der Waals surface area (Å²) in [6.45, 7) is 7.83. The predicted molar refractivity (Wildman–Crippen MR) is 72.3 cm³/mol. The number of aromatic nitrogens is 1. The van der Waals surface area contributed by atoms with Crippen LogP contribution in [-0.2, 0) is 9.31 Å². The summed E-state index contributed by atoms with van der Waals surface area (Å²) in [5.74, 6) is -3.30. The summed E-state index contributed by atoms with van der Waals surface area (Å²) in [6, 6.07) is 1.72. The Morgan fingerprint density at radius 2 is 1.70 bits per heavy atom. The molecule has 1 atom stereocenters. The van der Waals surface area contributed by atoms with Gasteiger partial charge in [0.1, 0.15) is 0 Å². The monoisotopic (exact) mass is 281 g/mol. The molecule has 0 spiro atoms. The van der Waals surface area contributed by atoms with E-state index in [4.69, 9.17) is 9.31 Å². The quantitative estimate of drug-likeness (QED) is 0.780. The van der Waals surface area contributed by atoms with Gasteiger partial charge in [0, 0.05) is 24.3 Å². The van der Waals surface area contributed by atoms with Gasteiger partial charge >= 0.3 is 7.12 Å². The summed E-state index contributed by atoms with van der Waals surface area (Å²) in [5, 5.41) is 0. The van der Waals surface area contributed by atoms with Crippen molar-refractivity contribution in [1.29, 1.82) is 0 Å². The fourth-order valence-corrected chi connectivity index (χ4v) is 2.35. The SMILES string of the molecule is CC1(C)OB(c2cncc(C3CC3(F)F)c2)OC1(C)C. The Balaban J connectivity index is 1.84. The van der Waals surface area contributed by atoms with Crippen molar-refractivity contribution >= 4 is 12.6 Å². The van der Waals surface area contributed by atoms with Crippen molar-refractivity contribution in [3.8, 4) is 0 Å². The maximum Gasteiger partial charge on any atom is 0.496 e. The van der Waals surface area contributed by atoms with Crippen molar-refractivity contribution in [3.05, 3.63) is 24.0 Å². The molecule has 0 aromatic carbocycles. The average molecular weight is 281 g/mol. The molecule has 1 aliphatic carbocycles. The van der Waals surface area contributed by atoms with Crippen molar-refractivity contribution < 1.29 is 18.1 Å². The van der Waals surface area contributed by atoms with Crippen molar-refractivity contribution in [2.24, 2.45) is 0 Å². The molecule has 1 aromatic rings. The second-order valence-corrected chi connectivity index (χ2v) is 6.66. The summed E-state index contributed by atoms with van der Waals surface area (Å²) >= 11 is 0. The summed E-state index contributed by atoms with van der Waals surface area (Å²) in [5.41, 5.74) is 0.361. The molecule has 3 rings (SSSR count). The molecule has 108 valence electrons. The third-order valence-electron chi connectivity index (χ3n) is 4.53. The molecule has 1 saturated carbocycles. The van der Waals surface area contributed by atoms with Crippen molar-refractivity contribution in [1.82, 2.24) is 4.98 Å². The standard InChI is InChI=1S/C14H18BF2NO2/c1-12(2)13(3,4)20-15(19-12)10-5-9(7-18-8-10)11-6-14(11,16)17/h5,7-8,11H,6H2,1-4H3. The number of hydrogen-bond acceptors (Lipinski definition) is 3. The number of halogens is 2. The lowest BCUT2D eigenvalue weighted by Crippen LogP contribution is -2.41. The van der Waals surface area contributed by atoms with Gasteiger partial charge in [0.15, 0.2) is 0 Å². The number of nitrogens with zero attached hydrogens (tertiary/aromatic N) is 1. The van der Waals surface area contributed by atoms with Gasteiger partial charge in [-0.1, -0.05) is 6.07 Å². The highest BCUT2D eigenvalue weighted by atomic mass is 19.3. The second-order valence-electron chi connectivity index (χ2n) is 6.66. The molecule has 2 heterocycles. The van der Waals surface area contributed by atoms with Gasteiger partial charge in [-0.15, -0.1) is 0 Å². The molecule has 20 heavy (non-hydrogen) atoms. The average Bonchev–Trinajstić information content (AvgIpc) is 2.90. The minimum Gasteiger partial charge on any atom is -0.399 e. The number of pyridine rings is 1. The first-order valence-corrected chi connectivity index (χ1v) is 6.81. The van der Waals surface area contributed by atoms with Crippen molar-refractivity contribution in [3.63, 3.8) is 0 Å². The number of rotatable bonds is 2. The van der Waals surface area contributed by atoms with E-state index in [9.17, 15) is 8.78 Å². The maximum absolute atomic E-state index is 13.1. The van der Waals surface area contributed by atoms with E-state index in [0.717, 1.165) is 0 Å². The molecule has 1 saturated heterocycles. The van der Waals surface area contributed by atoms with Crippen molar-refractivity contribution in [2.45, 2.75) is 57.2 Å². The number of alkyl halides is 2. The molecule has 1 aromatic heterocycles. The first-order chi connectivity index (χ1) is 9.12. The van der Waals surface area contributed by atoms with E-state index in [-0.39, 0.29) is 6.42 Å². The Morgan fingerprint density at radius 1 is 1.15 bits per heavy atom. The zero-order valence-corrected chi connectivity index (χ0v) is 12.1. The molecule has 3 nitrogen and oxygen atoms in total. The summed E-state index contributed by atoms with van der Waals surface area (Å²) in [4.78, 5) is 4.06. The molecular weight excluding hydrogens is 263 g/mol. The molecule has 1 unspecified atom stereocenters. The molecule has 0 amide bonds. The molecule has 2 fully saturated rings. The smallest absolute Gasteiger partial charge is 0.399 e. The number of hydrogen-bond donors (Lipinski definition) is 0. The van der Waals surface area contributed by atoms with E-state index in [1.54, 1.807) is 12.3 Å². The van der Waals surface area contributed by atoms with Gasteiger partial charge < -0.3 is 9.31 Å². The Morgan fingerprint density at radius 3 is 2.20 bits per heavy atom. The largest absolute Gasteiger partial charge is 0.496 e. The van der Waals surface area contributed by atoms with Gasteiger partial charge in [-0.25, -0.2) is 8.78 Å². The van der Waals surface area contributed by atoms with E-state index in [1.807, 2.05) is 27.7 Å². The van der Waals surface area contributed by atoms with Crippen LogP contribution in [-0.4, -0.2) is 29.2 Å². The maximum atomic E-state index is 13.1. The minimum atomic E-state index is -2.59. The van der Waals surface area contributed by atoms with Crippen LogP contribution in [0.4, 0.5) is 8.78 Å². The van der Waals surface area contributed by atoms with Gasteiger partial charge in [0.05, 0.1) is 17.1 Å². The Hall–Kier alpha value is -1.01. The van der Waals surface area contributed by atoms with Crippen LogP contribution in [0.25, 0.3) is 0 Å². The second kappa shape index (κ2) is 4.01. The van der Waals surface area contributed by atoms with Crippen LogP contribution in [0.2, 0.25) is 0 Å². The van der Waals surface area contributed by atoms with Gasteiger partial charge in [-0.3, -0.25) is 4.98 Å². The van der Waals surface area contributed by atoms with Gasteiger partial charge in [-0.05, 0) is 33.3 Å². The molecule has 2 aliphatic rings. The topological polar surface area (TPSA) is 31.4 Å². The van der Waals surface area contributed by atoms with Crippen LogP contribution < -0.4 is 5.46 Å². The van der Waals surface area contributed by atoms with Crippen LogP contribution in [0.3, 0.4) is 0 Å². The lowest BCUT2D eigenvalue weighted by molar-refractivity contribution is 0.00578. The van der Waals surface area contributed by atoms with Crippen LogP contribution in [0.5, 0.6) is 0 Å². The highest BCUT2D eigenvalue weighted by molar-refractivity contribution is 6.62. The first kappa shape index (κ1) is 14.0.